The Morgan fingerprint density at radius 2 is 2.16 bits per heavy atom. The Hall–Kier alpha value is -1.68. The van der Waals surface area contributed by atoms with E-state index in [-0.39, 0.29) is 6.10 Å². The molecule has 1 aliphatic rings. The van der Waals surface area contributed by atoms with Gasteiger partial charge in [-0.3, -0.25) is 4.68 Å². The molecule has 0 amide bonds. The fraction of sp³-hybridized carbons (Fsp3) is 0.467. The molecule has 0 spiro atoms. The van der Waals surface area contributed by atoms with Gasteiger partial charge in [-0.15, -0.1) is 5.10 Å². The summed E-state index contributed by atoms with van der Waals surface area (Å²) in [7, 11) is 0. The van der Waals surface area contributed by atoms with E-state index in [4.69, 9.17) is 0 Å². The van der Waals surface area contributed by atoms with Crippen LogP contribution in [0.25, 0.3) is 11.3 Å². The second-order valence-corrected chi connectivity index (χ2v) is 5.34. The van der Waals surface area contributed by atoms with Crippen molar-refractivity contribution in [3.63, 3.8) is 0 Å². The minimum atomic E-state index is -0.298. The number of fused-ring (bicyclic) bond motifs is 1. The normalized spacial score (nSPS) is 15.5. The van der Waals surface area contributed by atoms with Crippen molar-refractivity contribution >= 4 is 0 Å². The molecule has 3 rings (SSSR count). The summed E-state index contributed by atoms with van der Waals surface area (Å²) in [4.78, 5) is 0. The first-order valence-electron chi connectivity index (χ1n) is 6.93. The highest BCUT2D eigenvalue weighted by Gasteiger charge is 2.12. The summed E-state index contributed by atoms with van der Waals surface area (Å²) in [6, 6.07) is 6.59. The Balaban J connectivity index is 1.79. The van der Waals surface area contributed by atoms with Crippen LogP contribution in [0.15, 0.2) is 24.4 Å². The van der Waals surface area contributed by atoms with Crippen LogP contribution in [-0.4, -0.2) is 26.2 Å². The van der Waals surface area contributed by atoms with Gasteiger partial charge in [0.05, 0.1) is 12.3 Å². The van der Waals surface area contributed by atoms with Crippen molar-refractivity contribution in [1.82, 2.24) is 15.0 Å². The zero-order chi connectivity index (χ0) is 13.2. The average molecular weight is 257 g/mol. The lowest BCUT2D eigenvalue weighted by Gasteiger charge is -2.03. The van der Waals surface area contributed by atoms with Crippen molar-refractivity contribution in [3.05, 3.63) is 35.5 Å². The second-order valence-electron chi connectivity index (χ2n) is 5.34. The zero-order valence-electron chi connectivity index (χ0n) is 11.2. The lowest BCUT2D eigenvalue weighted by Crippen LogP contribution is -2.07. The van der Waals surface area contributed by atoms with E-state index >= 15 is 0 Å². The molecular formula is C15H19N3O. The summed E-state index contributed by atoms with van der Waals surface area (Å²) in [6.45, 7) is 2.49. The molecule has 0 aliphatic heterocycles. The van der Waals surface area contributed by atoms with Crippen molar-refractivity contribution in [2.45, 2.75) is 45.3 Å². The van der Waals surface area contributed by atoms with Gasteiger partial charge in [-0.25, -0.2) is 0 Å². The third-order valence-corrected chi connectivity index (χ3v) is 3.71. The van der Waals surface area contributed by atoms with Crippen LogP contribution in [-0.2, 0) is 19.4 Å². The maximum absolute atomic E-state index is 9.28. The highest BCUT2D eigenvalue weighted by molar-refractivity contribution is 5.60. The van der Waals surface area contributed by atoms with Gasteiger partial charge in [-0.1, -0.05) is 17.3 Å². The number of aryl methyl sites for hydroxylation is 3. The molecule has 0 radical (unpaired) electrons. The average Bonchev–Trinajstić information content (AvgIpc) is 3.04. The van der Waals surface area contributed by atoms with Crippen LogP contribution in [0.5, 0.6) is 0 Å². The molecule has 0 saturated heterocycles. The van der Waals surface area contributed by atoms with Crippen molar-refractivity contribution < 1.29 is 5.11 Å². The summed E-state index contributed by atoms with van der Waals surface area (Å²) in [6.07, 6.45) is 6.01. The molecule has 1 aromatic heterocycles. The van der Waals surface area contributed by atoms with E-state index < -0.39 is 0 Å². The van der Waals surface area contributed by atoms with Crippen LogP contribution in [0.3, 0.4) is 0 Å². The number of hydrogen-bond donors (Lipinski definition) is 1. The molecule has 0 saturated carbocycles. The molecule has 0 bridgehead atoms. The van der Waals surface area contributed by atoms with E-state index in [0.717, 1.165) is 11.3 Å². The van der Waals surface area contributed by atoms with Gasteiger partial charge in [0.1, 0.15) is 5.69 Å². The topological polar surface area (TPSA) is 50.9 Å². The van der Waals surface area contributed by atoms with Crippen LogP contribution < -0.4 is 0 Å². The Kier molecular flexibility index (Phi) is 3.34. The second kappa shape index (κ2) is 5.13. The van der Waals surface area contributed by atoms with Crippen LogP contribution in [0.2, 0.25) is 0 Å². The summed E-state index contributed by atoms with van der Waals surface area (Å²) < 4.78 is 1.80. The minimum absolute atomic E-state index is 0.298. The highest BCUT2D eigenvalue weighted by Crippen LogP contribution is 2.26. The number of aliphatic hydroxyl groups is 1. The largest absolute Gasteiger partial charge is 0.393 e. The highest BCUT2D eigenvalue weighted by atomic mass is 16.3. The first kappa shape index (κ1) is 12.4. The van der Waals surface area contributed by atoms with E-state index in [0.29, 0.717) is 13.0 Å². The Labute approximate surface area is 113 Å². The van der Waals surface area contributed by atoms with E-state index in [1.807, 2.05) is 6.20 Å². The molecular weight excluding hydrogens is 238 g/mol. The summed E-state index contributed by atoms with van der Waals surface area (Å²) in [5, 5.41) is 17.6. The summed E-state index contributed by atoms with van der Waals surface area (Å²) >= 11 is 0. The van der Waals surface area contributed by atoms with Crippen molar-refractivity contribution in [2.24, 2.45) is 0 Å². The maximum Gasteiger partial charge on any atom is 0.113 e. The molecule has 19 heavy (non-hydrogen) atoms. The van der Waals surface area contributed by atoms with Gasteiger partial charge in [-0.2, -0.15) is 0 Å². The van der Waals surface area contributed by atoms with Crippen molar-refractivity contribution in [2.75, 3.05) is 0 Å². The number of benzene rings is 1. The van der Waals surface area contributed by atoms with E-state index in [9.17, 15) is 5.11 Å². The maximum atomic E-state index is 9.28. The number of rotatable bonds is 4. The molecule has 100 valence electrons. The van der Waals surface area contributed by atoms with Crippen molar-refractivity contribution in [3.8, 4) is 11.3 Å². The molecule has 2 aromatic rings. The number of nitrogens with zero attached hydrogens (tertiary/aromatic N) is 3. The zero-order valence-corrected chi connectivity index (χ0v) is 11.2. The van der Waals surface area contributed by atoms with Crippen LogP contribution >= 0.6 is 0 Å². The first-order chi connectivity index (χ1) is 9.22. The third-order valence-electron chi connectivity index (χ3n) is 3.71. The molecule has 1 N–H and O–H groups in total. The Morgan fingerprint density at radius 3 is 3.00 bits per heavy atom. The fourth-order valence-corrected chi connectivity index (χ4v) is 2.59. The predicted octanol–water partition coefficient (Wildman–Crippen LogP) is 2.20. The SMILES string of the molecule is CC(O)CCn1cc(-c2ccc3c(c2)CCC3)nn1. The monoisotopic (exact) mass is 257 g/mol. The number of aromatic nitrogens is 3. The fourth-order valence-electron chi connectivity index (χ4n) is 2.59. The molecule has 1 aromatic carbocycles. The predicted molar refractivity (Wildman–Crippen MR) is 73.8 cm³/mol. The van der Waals surface area contributed by atoms with Gasteiger partial charge in [0, 0.05) is 12.1 Å². The Bertz CT molecular complexity index is 575. The molecule has 1 heterocycles. The quantitative estimate of drug-likeness (QED) is 0.913. The van der Waals surface area contributed by atoms with Crippen LogP contribution in [0, 0.1) is 0 Å². The third kappa shape index (κ3) is 2.68. The van der Waals surface area contributed by atoms with Crippen molar-refractivity contribution in [1.29, 1.82) is 0 Å². The van der Waals surface area contributed by atoms with E-state index in [1.54, 1.807) is 11.6 Å². The van der Waals surface area contributed by atoms with Crippen LogP contribution in [0.1, 0.15) is 30.9 Å². The van der Waals surface area contributed by atoms with Gasteiger partial charge >= 0.3 is 0 Å². The molecule has 1 unspecified atom stereocenters. The number of hydrogen-bond acceptors (Lipinski definition) is 3. The van der Waals surface area contributed by atoms with Gasteiger partial charge in [0.2, 0.25) is 0 Å². The lowest BCUT2D eigenvalue weighted by molar-refractivity contribution is 0.176. The molecule has 1 atom stereocenters. The molecule has 0 fully saturated rings. The summed E-state index contributed by atoms with van der Waals surface area (Å²) in [5.41, 5.74) is 4.99. The van der Waals surface area contributed by atoms with Gasteiger partial charge in [-0.05, 0) is 49.8 Å². The lowest BCUT2D eigenvalue weighted by atomic mass is 10.0. The van der Waals surface area contributed by atoms with Crippen LogP contribution in [0.4, 0.5) is 0 Å². The Morgan fingerprint density at radius 1 is 1.32 bits per heavy atom. The van der Waals surface area contributed by atoms with Gasteiger partial charge < -0.3 is 5.11 Å². The first-order valence-corrected chi connectivity index (χ1v) is 6.93. The van der Waals surface area contributed by atoms with E-state index in [2.05, 4.69) is 28.5 Å². The van der Waals surface area contributed by atoms with E-state index in [1.165, 1.54) is 30.4 Å². The van der Waals surface area contributed by atoms with Gasteiger partial charge in [0.15, 0.2) is 0 Å². The smallest absolute Gasteiger partial charge is 0.113 e. The minimum Gasteiger partial charge on any atom is -0.393 e. The standard InChI is InChI=1S/C15H19N3O/c1-11(19)7-8-18-10-15(16-17-18)14-6-5-12-3-2-4-13(12)9-14/h5-6,9-11,19H,2-4,7-8H2,1H3. The number of aliphatic hydroxyl groups excluding tert-OH is 1. The van der Waals surface area contributed by atoms with Gasteiger partial charge in [0.25, 0.3) is 0 Å². The molecule has 4 heteroatoms. The molecule has 1 aliphatic carbocycles. The summed E-state index contributed by atoms with van der Waals surface area (Å²) in [5.74, 6) is 0. The molecule has 4 nitrogen and oxygen atoms in total.